The van der Waals surface area contributed by atoms with Crippen LogP contribution in [0.2, 0.25) is 0 Å². The van der Waals surface area contributed by atoms with Crippen LogP contribution in [0.3, 0.4) is 0 Å². The summed E-state index contributed by atoms with van der Waals surface area (Å²) < 4.78 is 32.3. The van der Waals surface area contributed by atoms with Crippen molar-refractivity contribution in [2.75, 3.05) is 11.9 Å². The highest BCUT2D eigenvalue weighted by Crippen LogP contribution is 2.38. The molecular weight excluding hydrogens is 318 g/mol. The van der Waals surface area contributed by atoms with Gasteiger partial charge in [0.1, 0.15) is 0 Å². The summed E-state index contributed by atoms with van der Waals surface area (Å²) in [6.45, 7) is 1.91. The standard InChI is InChI=1S/C10H15N5O4S2/c1-4(16)12-9-13-14-10(20-9)21(17,18)15-7-6(11)5-2-3-19-8(5)7/h5-8,15H,2-3,11H2,1H3,(H,12,13,16). The van der Waals surface area contributed by atoms with Gasteiger partial charge in [-0.2, -0.15) is 0 Å². The van der Waals surface area contributed by atoms with Gasteiger partial charge in [0.2, 0.25) is 15.4 Å². The van der Waals surface area contributed by atoms with Crippen LogP contribution < -0.4 is 15.8 Å². The molecule has 9 nitrogen and oxygen atoms in total. The first kappa shape index (κ1) is 14.8. The normalized spacial score (nSPS) is 31.5. The lowest BCUT2D eigenvalue weighted by Gasteiger charge is -2.45. The fourth-order valence-corrected chi connectivity index (χ4v) is 4.89. The molecule has 1 saturated heterocycles. The summed E-state index contributed by atoms with van der Waals surface area (Å²) in [7, 11) is -3.82. The number of nitrogens with two attached hydrogens (primary N) is 1. The summed E-state index contributed by atoms with van der Waals surface area (Å²) in [6.07, 6.45) is 0.688. The second-order valence-corrected chi connectivity index (χ2v) is 7.93. The van der Waals surface area contributed by atoms with Crippen molar-refractivity contribution in [3.63, 3.8) is 0 Å². The van der Waals surface area contributed by atoms with E-state index in [-0.39, 0.29) is 33.4 Å². The van der Waals surface area contributed by atoms with Crippen LogP contribution in [0.25, 0.3) is 0 Å². The smallest absolute Gasteiger partial charge is 0.270 e. The van der Waals surface area contributed by atoms with Gasteiger partial charge in [-0.1, -0.05) is 11.3 Å². The van der Waals surface area contributed by atoms with E-state index < -0.39 is 16.1 Å². The van der Waals surface area contributed by atoms with E-state index in [0.717, 1.165) is 17.8 Å². The first-order chi connectivity index (χ1) is 9.88. The number of fused-ring (bicyclic) bond motifs is 1. The van der Waals surface area contributed by atoms with Crippen molar-refractivity contribution in [3.05, 3.63) is 0 Å². The number of rotatable bonds is 4. The van der Waals surface area contributed by atoms with E-state index in [2.05, 4.69) is 20.2 Å². The molecule has 1 aliphatic heterocycles. The van der Waals surface area contributed by atoms with Gasteiger partial charge in [0.05, 0.1) is 12.1 Å². The van der Waals surface area contributed by atoms with Gasteiger partial charge in [-0.15, -0.1) is 10.2 Å². The number of hydrogen-bond acceptors (Lipinski definition) is 8. The minimum absolute atomic E-state index is 0.135. The molecule has 11 heteroatoms. The fraction of sp³-hybridized carbons (Fsp3) is 0.700. The fourth-order valence-electron chi connectivity index (χ4n) is 2.64. The quantitative estimate of drug-likeness (QED) is 0.594. The Morgan fingerprint density at radius 2 is 2.24 bits per heavy atom. The number of carbonyl (C=O) groups is 1. The van der Waals surface area contributed by atoms with Crippen molar-refractivity contribution in [3.8, 4) is 0 Å². The summed E-state index contributed by atoms with van der Waals surface area (Å²) in [4.78, 5) is 10.9. The molecule has 1 aromatic rings. The van der Waals surface area contributed by atoms with Gasteiger partial charge in [-0.25, -0.2) is 13.1 Å². The maximum Gasteiger partial charge on any atom is 0.270 e. The predicted molar refractivity (Wildman–Crippen MR) is 74.1 cm³/mol. The molecule has 1 aliphatic carbocycles. The number of carbonyl (C=O) groups excluding carboxylic acids is 1. The summed E-state index contributed by atoms with van der Waals surface area (Å²) in [5.74, 6) is -0.131. The lowest BCUT2D eigenvalue weighted by molar-refractivity contribution is -0.114. The van der Waals surface area contributed by atoms with Crippen LogP contribution >= 0.6 is 11.3 Å². The molecule has 116 valence electrons. The van der Waals surface area contributed by atoms with Crippen LogP contribution in [-0.4, -0.2) is 49.3 Å². The third kappa shape index (κ3) is 2.66. The van der Waals surface area contributed by atoms with Crippen molar-refractivity contribution in [2.45, 2.75) is 35.9 Å². The molecule has 1 saturated carbocycles. The minimum Gasteiger partial charge on any atom is -0.376 e. The first-order valence-electron chi connectivity index (χ1n) is 6.39. The Morgan fingerprint density at radius 3 is 2.95 bits per heavy atom. The molecule has 21 heavy (non-hydrogen) atoms. The van der Waals surface area contributed by atoms with Crippen LogP contribution in [-0.2, 0) is 19.6 Å². The zero-order chi connectivity index (χ0) is 15.2. The van der Waals surface area contributed by atoms with Crippen molar-refractivity contribution in [1.82, 2.24) is 14.9 Å². The maximum absolute atomic E-state index is 12.2. The molecule has 4 N–H and O–H groups in total. The summed E-state index contributed by atoms with van der Waals surface area (Å²) in [6, 6.07) is -0.703. The van der Waals surface area contributed by atoms with Gasteiger partial charge in [0.15, 0.2) is 0 Å². The number of ether oxygens (including phenoxy) is 1. The van der Waals surface area contributed by atoms with E-state index in [1.807, 2.05) is 0 Å². The summed E-state index contributed by atoms with van der Waals surface area (Å²) >= 11 is 0.785. The first-order valence-corrected chi connectivity index (χ1v) is 8.69. The molecular formula is C10H15N5O4S2. The minimum atomic E-state index is -3.82. The van der Waals surface area contributed by atoms with Crippen molar-refractivity contribution < 1.29 is 17.9 Å². The van der Waals surface area contributed by atoms with E-state index in [4.69, 9.17) is 10.5 Å². The largest absolute Gasteiger partial charge is 0.376 e. The Morgan fingerprint density at radius 1 is 1.48 bits per heavy atom. The number of nitrogens with one attached hydrogen (secondary N) is 2. The van der Waals surface area contributed by atoms with Gasteiger partial charge in [0, 0.05) is 25.5 Å². The Labute approximate surface area is 125 Å². The molecule has 0 aromatic carbocycles. The number of anilines is 1. The Bertz CT molecular complexity index is 660. The van der Waals surface area contributed by atoms with Gasteiger partial charge in [-0.3, -0.25) is 4.79 Å². The average molecular weight is 333 g/mol. The van der Waals surface area contributed by atoms with Crippen LogP contribution in [0.5, 0.6) is 0 Å². The maximum atomic E-state index is 12.2. The molecule has 3 rings (SSSR count). The van der Waals surface area contributed by atoms with E-state index in [1.54, 1.807) is 0 Å². The molecule has 0 spiro atoms. The Balaban J connectivity index is 1.72. The third-order valence-corrected chi connectivity index (χ3v) is 6.32. The van der Waals surface area contributed by atoms with Crippen molar-refractivity contribution >= 4 is 32.4 Å². The second kappa shape index (κ2) is 5.25. The molecule has 0 radical (unpaired) electrons. The van der Waals surface area contributed by atoms with Gasteiger partial charge in [-0.05, 0) is 6.42 Å². The predicted octanol–water partition coefficient (Wildman–Crippen LogP) is -1.11. The van der Waals surface area contributed by atoms with Gasteiger partial charge >= 0.3 is 0 Å². The van der Waals surface area contributed by atoms with Crippen molar-refractivity contribution in [2.24, 2.45) is 11.7 Å². The average Bonchev–Trinajstić information content (AvgIpc) is 3.02. The Kier molecular flexibility index (Phi) is 3.69. The number of nitrogens with zero attached hydrogens (tertiary/aromatic N) is 2. The lowest BCUT2D eigenvalue weighted by Crippen LogP contribution is -2.68. The van der Waals surface area contributed by atoms with Gasteiger partial charge in [0.25, 0.3) is 10.0 Å². The number of sulfonamides is 1. The van der Waals surface area contributed by atoms with Crippen molar-refractivity contribution in [1.29, 1.82) is 0 Å². The monoisotopic (exact) mass is 333 g/mol. The molecule has 4 unspecified atom stereocenters. The lowest BCUT2D eigenvalue weighted by atomic mass is 9.73. The Hall–Kier alpha value is -1.14. The highest BCUT2D eigenvalue weighted by Gasteiger charge is 2.53. The van der Waals surface area contributed by atoms with Crippen LogP contribution in [0.15, 0.2) is 4.34 Å². The summed E-state index contributed by atoms with van der Waals surface area (Å²) in [5.41, 5.74) is 5.97. The second-order valence-electron chi connectivity index (χ2n) is 5.07. The van der Waals surface area contributed by atoms with Gasteiger partial charge < -0.3 is 15.8 Å². The number of hydrogen-bond donors (Lipinski definition) is 3. The SMILES string of the molecule is CC(=O)Nc1nnc(S(=O)(=O)NC2C(N)C3CCOC32)s1. The zero-order valence-electron chi connectivity index (χ0n) is 11.1. The topological polar surface area (TPSA) is 136 Å². The molecule has 4 atom stereocenters. The zero-order valence-corrected chi connectivity index (χ0v) is 12.8. The molecule has 1 aromatic heterocycles. The van der Waals surface area contributed by atoms with E-state index in [0.29, 0.717) is 6.61 Å². The van der Waals surface area contributed by atoms with Crippen LogP contribution in [0.1, 0.15) is 13.3 Å². The molecule has 2 fully saturated rings. The highest BCUT2D eigenvalue weighted by atomic mass is 32.2. The van der Waals surface area contributed by atoms with E-state index in [9.17, 15) is 13.2 Å². The summed E-state index contributed by atoms with van der Waals surface area (Å²) in [5, 5.41) is 9.72. The molecule has 2 heterocycles. The molecule has 1 amide bonds. The molecule has 2 aliphatic rings. The third-order valence-electron chi connectivity index (χ3n) is 3.66. The van der Waals surface area contributed by atoms with Crippen LogP contribution in [0, 0.1) is 5.92 Å². The number of aromatic nitrogens is 2. The highest BCUT2D eigenvalue weighted by molar-refractivity contribution is 7.91. The van der Waals surface area contributed by atoms with Crippen LogP contribution in [0.4, 0.5) is 5.13 Å². The number of amides is 1. The van der Waals surface area contributed by atoms with E-state index in [1.165, 1.54) is 6.92 Å². The van der Waals surface area contributed by atoms with E-state index >= 15 is 0 Å². The molecule has 0 bridgehead atoms.